The lowest BCUT2D eigenvalue weighted by molar-refractivity contribution is 0.0601. The molecule has 156 valence electrons. The molecule has 30 heavy (non-hydrogen) atoms. The van der Waals surface area contributed by atoms with Crippen LogP contribution in [0.5, 0.6) is 5.75 Å². The summed E-state index contributed by atoms with van der Waals surface area (Å²) in [7, 11) is 1.42. The Morgan fingerprint density at radius 1 is 1.20 bits per heavy atom. The SMILES string of the molecule is COC(=O)c1ccc2[nH]c3c(c2c1)CC(CCOc1ccccc1)N[C@@]31CCNC1. The quantitative estimate of drug-likeness (QED) is 0.569. The first kappa shape index (κ1) is 19.2. The summed E-state index contributed by atoms with van der Waals surface area (Å²) in [6.07, 6.45) is 2.85. The summed E-state index contributed by atoms with van der Waals surface area (Å²) in [6.45, 7) is 2.55. The van der Waals surface area contributed by atoms with Gasteiger partial charge >= 0.3 is 5.97 Å². The summed E-state index contributed by atoms with van der Waals surface area (Å²) >= 11 is 0. The third kappa shape index (κ3) is 3.36. The molecule has 1 fully saturated rings. The van der Waals surface area contributed by atoms with Crippen molar-refractivity contribution in [2.75, 3.05) is 26.8 Å². The lowest BCUT2D eigenvalue weighted by Crippen LogP contribution is -2.54. The van der Waals surface area contributed by atoms with Crippen molar-refractivity contribution in [3.8, 4) is 5.75 Å². The highest BCUT2D eigenvalue weighted by Crippen LogP contribution is 2.39. The predicted octanol–water partition coefficient (Wildman–Crippen LogP) is 3.13. The fourth-order valence-corrected chi connectivity index (χ4v) is 4.91. The van der Waals surface area contributed by atoms with E-state index < -0.39 is 0 Å². The number of nitrogens with one attached hydrogen (secondary N) is 3. The van der Waals surface area contributed by atoms with Crippen LogP contribution in [0.3, 0.4) is 0 Å². The number of hydrogen-bond donors (Lipinski definition) is 3. The van der Waals surface area contributed by atoms with Gasteiger partial charge in [-0.15, -0.1) is 0 Å². The number of rotatable bonds is 5. The molecule has 6 nitrogen and oxygen atoms in total. The number of para-hydroxylation sites is 1. The van der Waals surface area contributed by atoms with Crippen molar-refractivity contribution in [3.63, 3.8) is 0 Å². The van der Waals surface area contributed by atoms with E-state index in [-0.39, 0.29) is 11.5 Å². The number of H-pyrrole nitrogens is 1. The average Bonchev–Trinajstić information content (AvgIpc) is 3.39. The molecule has 1 spiro atoms. The fourth-order valence-electron chi connectivity index (χ4n) is 4.91. The van der Waals surface area contributed by atoms with Gasteiger partial charge in [-0.25, -0.2) is 4.79 Å². The van der Waals surface area contributed by atoms with Crippen LogP contribution in [0.25, 0.3) is 10.9 Å². The molecule has 1 aromatic heterocycles. The molecule has 3 N–H and O–H groups in total. The van der Waals surface area contributed by atoms with E-state index in [0.717, 1.165) is 49.0 Å². The molecule has 3 heterocycles. The van der Waals surface area contributed by atoms with E-state index in [4.69, 9.17) is 9.47 Å². The predicted molar refractivity (Wildman–Crippen MR) is 116 cm³/mol. The number of esters is 1. The minimum absolute atomic E-state index is 0.102. The van der Waals surface area contributed by atoms with Gasteiger partial charge in [0.15, 0.2) is 0 Å². The van der Waals surface area contributed by atoms with Gasteiger partial charge in [0.25, 0.3) is 0 Å². The number of aromatic amines is 1. The lowest BCUT2D eigenvalue weighted by Gasteiger charge is -2.39. The molecular formula is C24H27N3O3. The Labute approximate surface area is 176 Å². The van der Waals surface area contributed by atoms with Crippen LogP contribution in [-0.4, -0.2) is 43.8 Å². The number of carbonyl (C=O) groups excluding carboxylic acids is 1. The summed E-state index contributed by atoms with van der Waals surface area (Å²) in [6, 6.07) is 16.0. The molecule has 0 amide bonds. The number of ether oxygens (including phenoxy) is 2. The highest BCUT2D eigenvalue weighted by molar-refractivity contribution is 5.96. The third-order valence-corrected chi connectivity index (χ3v) is 6.37. The summed E-state index contributed by atoms with van der Waals surface area (Å²) in [5, 5.41) is 8.56. The molecule has 1 unspecified atom stereocenters. The number of benzene rings is 2. The maximum absolute atomic E-state index is 12.1. The number of aromatic nitrogens is 1. The van der Waals surface area contributed by atoms with E-state index in [1.165, 1.54) is 18.4 Å². The zero-order chi connectivity index (χ0) is 20.6. The van der Waals surface area contributed by atoms with Gasteiger partial charge in [-0.3, -0.25) is 0 Å². The minimum atomic E-state index is -0.300. The first-order valence-electron chi connectivity index (χ1n) is 10.6. The minimum Gasteiger partial charge on any atom is -0.494 e. The number of fused-ring (bicyclic) bond motifs is 4. The van der Waals surface area contributed by atoms with E-state index in [9.17, 15) is 4.79 Å². The molecule has 2 aromatic carbocycles. The standard InChI is InChI=1S/C24H27N3O3/c1-29-23(28)16-7-8-21-19(13-16)20-14-17(9-12-30-18-5-3-2-4-6-18)27-24(22(20)26-21)10-11-25-15-24/h2-8,13,17,25-27H,9-12,14-15H2,1H3/t17?,24-/m1/s1. The maximum atomic E-state index is 12.1. The van der Waals surface area contributed by atoms with Crippen LogP contribution in [-0.2, 0) is 16.7 Å². The second-order valence-corrected chi connectivity index (χ2v) is 8.23. The van der Waals surface area contributed by atoms with Gasteiger partial charge in [0.05, 0.1) is 24.8 Å². The number of carbonyl (C=O) groups is 1. The Morgan fingerprint density at radius 2 is 2.07 bits per heavy atom. The van der Waals surface area contributed by atoms with Crippen molar-refractivity contribution in [3.05, 3.63) is 65.4 Å². The Morgan fingerprint density at radius 3 is 2.83 bits per heavy atom. The molecule has 6 heteroatoms. The number of hydrogen-bond acceptors (Lipinski definition) is 5. The van der Waals surface area contributed by atoms with E-state index in [1.807, 2.05) is 48.5 Å². The van der Waals surface area contributed by atoms with E-state index in [1.54, 1.807) is 0 Å². The average molecular weight is 405 g/mol. The van der Waals surface area contributed by atoms with Crippen molar-refractivity contribution in [1.82, 2.24) is 15.6 Å². The summed E-state index contributed by atoms with van der Waals surface area (Å²) in [5.74, 6) is 0.604. The molecule has 0 bridgehead atoms. The second kappa shape index (κ2) is 7.78. The molecule has 0 saturated carbocycles. The fraction of sp³-hybridized carbons (Fsp3) is 0.375. The van der Waals surface area contributed by atoms with Crippen LogP contribution >= 0.6 is 0 Å². The van der Waals surface area contributed by atoms with Gasteiger partial charge in [0.2, 0.25) is 0 Å². The van der Waals surface area contributed by atoms with E-state index >= 15 is 0 Å². The zero-order valence-corrected chi connectivity index (χ0v) is 17.2. The second-order valence-electron chi connectivity index (χ2n) is 8.23. The molecule has 2 aliphatic heterocycles. The highest BCUT2D eigenvalue weighted by Gasteiger charge is 2.44. The van der Waals surface area contributed by atoms with E-state index in [2.05, 4.69) is 15.6 Å². The molecule has 2 atom stereocenters. The van der Waals surface area contributed by atoms with Gasteiger partial charge < -0.3 is 25.1 Å². The third-order valence-electron chi connectivity index (χ3n) is 6.37. The van der Waals surface area contributed by atoms with Crippen LogP contribution in [0.2, 0.25) is 0 Å². The zero-order valence-electron chi connectivity index (χ0n) is 17.2. The van der Waals surface area contributed by atoms with Crippen LogP contribution in [0.1, 0.15) is 34.5 Å². The van der Waals surface area contributed by atoms with Gasteiger partial charge in [-0.1, -0.05) is 18.2 Å². The first-order chi connectivity index (χ1) is 14.7. The van der Waals surface area contributed by atoms with E-state index in [0.29, 0.717) is 18.2 Å². The van der Waals surface area contributed by atoms with Crippen molar-refractivity contribution < 1.29 is 14.3 Å². The maximum Gasteiger partial charge on any atom is 0.337 e. The van der Waals surface area contributed by atoms with Gasteiger partial charge in [0.1, 0.15) is 5.75 Å². The van der Waals surface area contributed by atoms with Crippen molar-refractivity contribution in [2.24, 2.45) is 0 Å². The first-order valence-corrected chi connectivity index (χ1v) is 10.6. The summed E-state index contributed by atoms with van der Waals surface area (Å²) in [5.41, 5.74) is 4.12. The van der Waals surface area contributed by atoms with Gasteiger partial charge in [-0.2, -0.15) is 0 Å². The van der Waals surface area contributed by atoms with Gasteiger partial charge in [0, 0.05) is 29.2 Å². The molecule has 2 aliphatic rings. The smallest absolute Gasteiger partial charge is 0.337 e. The molecule has 5 rings (SSSR count). The Kier molecular flexibility index (Phi) is 4.97. The summed E-state index contributed by atoms with van der Waals surface area (Å²) in [4.78, 5) is 15.7. The topological polar surface area (TPSA) is 75.4 Å². The Hall–Kier alpha value is -2.83. The number of methoxy groups -OCH3 is 1. The molecular weight excluding hydrogens is 378 g/mol. The molecule has 3 aromatic rings. The highest BCUT2D eigenvalue weighted by atomic mass is 16.5. The Balaban J connectivity index is 1.44. The molecule has 0 aliphatic carbocycles. The normalized spacial score (nSPS) is 22.9. The van der Waals surface area contributed by atoms with Crippen LogP contribution in [0.15, 0.2) is 48.5 Å². The summed E-state index contributed by atoms with van der Waals surface area (Å²) < 4.78 is 10.9. The van der Waals surface area contributed by atoms with Gasteiger partial charge in [-0.05, 0) is 61.7 Å². The lowest BCUT2D eigenvalue weighted by atomic mass is 9.82. The van der Waals surface area contributed by atoms with Crippen LogP contribution < -0.4 is 15.4 Å². The largest absolute Gasteiger partial charge is 0.494 e. The molecule has 1 saturated heterocycles. The van der Waals surface area contributed by atoms with Crippen molar-refractivity contribution >= 4 is 16.9 Å². The molecule has 0 radical (unpaired) electrons. The van der Waals surface area contributed by atoms with Crippen LogP contribution in [0.4, 0.5) is 0 Å². The Bertz CT molecular complexity index is 1050. The monoisotopic (exact) mass is 405 g/mol. The van der Waals surface area contributed by atoms with Crippen LogP contribution in [0, 0.1) is 0 Å². The van der Waals surface area contributed by atoms with Crippen molar-refractivity contribution in [2.45, 2.75) is 30.8 Å². The van der Waals surface area contributed by atoms with Crippen molar-refractivity contribution in [1.29, 1.82) is 0 Å².